The average molecular weight is 633 g/mol. The number of carbonyl (C=O) groups is 1. The van der Waals surface area contributed by atoms with Gasteiger partial charge in [0.25, 0.3) is 0 Å². The van der Waals surface area contributed by atoms with Gasteiger partial charge in [-0.25, -0.2) is 9.48 Å². The van der Waals surface area contributed by atoms with Crippen LogP contribution in [0.15, 0.2) is 72.9 Å². The first-order chi connectivity index (χ1) is 22.6. The number of rotatable bonds is 6. The number of pyridine rings is 1. The van der Waals surface area contributed by atoms with Crippen molar-refractivity contribution in [3.8, 4) is 11.4 Å². The van der Waals surface area contributed by atoms with E-state index in [1.54, 1.807) is 0 Å². The molecule has 10 heteroatoms. The second kappa shape index (κ2) is 12.5. The van der Waals surface area contributed by atoms with E-state index in [4.69, 9.17) is 9.84 Å². The molecule has 2 amide bonds. The molecule has 0 bridgehead atoms. The first-order valence-corrected chi connectivity index (χ1v) is 16.7. The normalized spacial score (nSPS) is 20.1. The van der Waals surface area contributed by atoms with E-state index in [9.17, 15) is 4.79 Å². The molecule has 1 aliphatic carbocycles. The highest BCUT2D eigenvalue weighted by Crippen LogP contribution is 2.39. The van der Waals surface area contributed by atoms with Crippen LogP contribution in [0.2, 0.25) is 0 Å². The number of likely N-dealkylation sites (tertiary alicyclic amines) is 1. The third-order valence-corrected chi connectivity index (χ3v) is 9.49. The minimum absolute atomic E-state index is 0.139. The number of benzene rings is 2. The molecule has 244 valence electrons. The molecular formula is C37H44N8O2. The molecule has 10 nitrogen and oxygen atoms in total. The van der Waals surface area contributed by atoms with Crippen molar-refractivity contribution in [1.82, 2.24) is 34.6 Å². The molecule has 4 heterocycles. The van der Waals surface area contributed by atoms with Crippen molar-refractivity contribution >= 4 is 17.5 Å². The van der Waals surface area contributed by atoms with Gasteiger partial charge in [0, 0.05) is 11.5 Å². The quantitative estimate of drug-likeness (QED) is 0.202. The Hall–Kier alpha value is -4.70. The number of amides is 2. The Balaban J connectivity index is 1.09. The van der Waals surface area contributed by atoms with Gasteiger partial charge in [0.1, 0.15) is 17.7 Å². The first-order valence-electron chi connectivity index (χ1n) is 16.7. The summed E-state index contributed by atoms with van der Waals surface area (Å²) in [7, 11) is 2.16. The summed E-state index contributed by atoms with van der Waals surface area (Å²) in [5.41, 5.74) is 5.76. The van der Waals surface area contributed by atoms with Crippen LogP contribution in [-0.4, -0.2) is 48.9 Å². The topological polar surface area (TPSA) is 102 Å². The van der Waals surface area contributed by atoms with E-state index >= 15 is 0 Å². The van der Waals surface area contributed by atoms with Crippen molar-refractivity contribution in [2.24, 2.45) is 0 Å². The SMILES string of the molecule is Cc1ccc(-n2nc(C(C)(C)C)cc2NC(=O)N[C@H]2CC[C@@H](Oc3ccc4nnc(C5CCCCN5C)n4c3)c3ccccc32)cc1. The van der Waals surface area contributed by atoms with Crippen molar-refractivity contribution in [2.75, 3.05) is 18.9 Å². The van der Waals surface area contributed by atoms with Crippen molar-refractivity contribution in [2.45, 2.75) is 83.4 Å². The van der Waals surface area contributed by atoms with E-state index < -0.39 is 0 Å². The van der Waals surface area contributed by atoms with Crippen molar-refractivity contribution in [1.29, 1.82) is 0 Å². The van der Waals surface area contributed by atoms with Crippen LogP contribution >= 0.6 is 0 Å². The van der Waals surface area contributed by atoms with Gasteiger partial charge < -0.3 is 10.1 Å². The number of carbonyl (C=O) groups excluding carboxylic acids is 1. The van der Waals surface area contributed by atoms with Crippen LogP contribution < -0.4 is 15.4 Å². The molecule has 2 aromatic carbocycles. The second-order valence-corrected chi connectivity index (χ2v) is 14.0. The molecule has 0 radical (unpaired) electrons. The summed E-state index contributed by atoms with van der Waals surface area (Å²) in [6.07, 6.45) is 6.87. The fraction of sp³-hybridized carbons (Fsp3) is 0.405. The Labute approximate surface area is 276 Å². The molecule has 5 aromatic rings. The zero-order valence-corrected chi connectivity index (χ0v) is 27.9. The maximum Gasteiger partial charge on any atom is 0.320 e. The Kier molecular flexibility index (Phi) is 8.21. The van der Waals surface area contributed by atoms with Gasteiger partial charge >= 0.3 is 6.03 Å². The van der Waals surface area contributed by atoms with Gasteiger partial charge in [-0.15, -0.1) is 10.2 Å². The Morgan fingerprint density at radius 3 is 2.49 bits per heavy atom. The number of piperidine rings is 1. The molecule has 1 saturated heterocycles. The number of fused-ring (bicyclic) bond motifs is 2. The third-order valence-electron chi connectivity index (χ3n) is 9.49. The number of aryl methyl sites for hydroxylation is 1. The zero-order chi connectivity index (χ0) is 32.7. The zero-order valence-electron chi connectivity index (χ0n) is 27.9. The summed E-state index contributed by atoms with van der Waals surface area (Å²) in [5.74, 6) is 2.37. The maximum absolute atomic E-state index is 13.5. The molecule has 2 N–H and O–H groups in total. The number of ether oxygens (including phenoxy) is 1. The number of nitrogens with one attached hydrogen (secondary N) is 2. The number of urea groups is 1. The summed E-state index contributed by atoms with van der Waals surface area (Å²) in [4.78, 5) is 15.9. The molecule has 0 spiro atoms. The molecule has 1 fully saturated rings. The van der Waals surface area contributed by atoms with Gasteiger partial charge in [-0.05, 0) is 81.6 Å². The predicted molar refractivity (Wildman–Crippen MR) is 183 cm³/mol. The van der Waals surface area contributed by atoms with Crippen LogP contribution in [0.25, 0.3) is 11.3 Å². The summed E-state index contributed by atoms with van der Waals surface area (Å²) >= 11 is 0. The number of anilines is 1. The lowest BCUT2D eigenvalue weighted by atomic mass is 9.85. The van der Waals surface area contributed by atoms with Crippen molar-refractivity contribution < 1.29 is 9.53 Å². The minimum Gasteiger partial charge on any atom is -0.484 e. The minimum atomic E-state index is -0.267. The van der Waals surface area contributed by atoms with Crippen LogP contribution in [0.4, 0.5) is 10.6 Å². The van der Waals surface area contributed by atoms with Crippen LogP contribution in [0.5, 0.6) is 5.75 Å². The van der Waals surface area contributed by atoms with Crippen molar-refractivity contribution in [3.63, 3.8) is 0 Å². The Morgan fingerprint density at radius 2 is 1.72 bits per heavy atom. The highest BCUT2D eigenvalue weighted by Gasteiger charge is 2.31. The van der Waals surface area contributed by atoms with E-state index in [0.717, 1.165) is 65.5 Å². The summed E-state index contributed by atoms with van der Waals surface area (Å²) in [5, 5.41) is 20.2. The highest BCUT2D eigenvalue weighted by molar-refractivity contribution is 5.89. The maximum atomic E-state index is 13.5. The Bertz CT molecular complexity index is 1890. The van der Waals surface area contributed by atoms with Gasteiger partial charge in [0.05, 0.1) is 29.7 Å². The number of hydrogen-bond donors (Lipinski definition) is 2. The predicted octanol–water partition coefficient (Wildman–Crippen LogP) is 7.45. The van der Waals surface area contributed by atoms with Crippen LogP contribution in [0, 0.1) is 6.92 Å². The molecule has 3 aromatic heterocycles. The fourth-order valence-corrected chi connectivity index (χ4v) is 6.80. The van der Waals surface area contributed by atoms with Gasteiger partial charge in [-0.3, -0.25) is 14.6 Å². The summed E-state index contributed by atoms with van der Waals surface area (Å²) in [6, 6.07) is 22.1. The van der Waals surface area contributed by atoms with Crippen LogP contribution in [0.3, 0.4) is 0 Å². The van der Waals surface area contributed by atoms with Crippen molar-refractivity contribution in [3.05, 3.63) is 101 Å². The monoisotopic (exact) mass is 632 g/mol. The fourth-order valence-electron chi connectivity index (χ4n) is 6.80. The summed E-state index contributed by atoms with van der Waals surface area (Å²) in [6.45, 7) is 9.48. The molecule has 2 aliphatic rings. The molecule has 7 rings (SSSR count). The second-order valence-electron chi connectivity index (χ2n) is 14.0. The average Bonchev–Trinajstić information content (AvgIpc) is 3.67. The van der Waals surface area contributed by atoms with E-state index in [0.29, 0.717) is 5.82 Å². The molecular weight excluding hydrogens is 588 g/mol. The van der Waals surface area contributed by atoms with E-state index in [2.05, 4.69) is 77.0 Å². The van der Waals surface area contributed by atoms with Gasteiger partial charge in [0.15, 0.2) is 11.5 Å². The lowest BCUT2D eigenvalue weighted by Crippen LogP contribution is -2.36. The number of aromatic nitrogens is 5. The van der Waals surface area contributed by atoms with Crippen LogP contribution in [0.1, 0.15) is 99.3 Å². The molecule has 47 heavy (non-hydrogen) atoms. The smallest absolute Gasteiger partial charge is 0.320 e. The standard InChI is InChI=1S/C37H44N8O2/c1-24-13-15-25(16-14-24)45-34(22-32(42-45)37(2,3)4)39-36(46)38-29-18-19-31(28-11-7-6-10-27(28)29)47-26-17-20-33-40-41-35(44(33)23-26)30-12-8-9-21-43(30)5/h6-7,10-11,13-17,20,22-23,29-31H,8-9,12,18-19,21H2,1-5H3,(H2,38,39,46)/t29-,30?,31+/m0/s1. The third kappa shape index (κ3) is 6.34. The lowest BCUT2D eigenvalue weighted by molar-refractivity contribution is 0.170. The highest BCUT2D eigenvalue weighted by atomic mass is 16.5. The first kappa shape index (κ1) is 30.9. The van der Waals surface area contributed by atoms with Crippen LogP contribution in [-0.2, 0) is 5.41 Å². The van der Waals surface area contributed by atoms with E-state index in [1.165, 1.54) is 18.4 Å². The van der Waals surface area contributed by atoms with Gasteiger partial charge in [-0.1, -0.05) is 69.2 Å². The van der Waals surface area contributed by atoms with Gasteiger partial charge in [-0.2, -0.15) is 5.10 Å². The largest absolute Gasteiger partial charge is 0.484 e. The van der Waals surface area contributed by atoms with E-state index in [-0.39, 0.29) is 29.6 Å². The molecule has 0 saturated carbocycles. The van der Waals surface area contributed by atoms with Gasteiger partial charge in [0.2, 0.25) is 0 Å². The Morgan fingerprint density at radius 1 is 0.936 bits per heavy atom. The molecule has 1 aliphatic heterocycles. The number of nitrogens with zero attached hydrogens (tertiary/aromatic N) is 6. The van der Waals surface area contributed by atoms with E-state index in [1.807, 2.05) is 65.5 Å². The number of hydrogen-bond acceptors (Lipinski definition) is 6. The molecule has 1 unspecified atom stereocenters. The summed E-state index contributed by atoms with van der Waals surface area (Å²) < 4.78 is 10.5. The molecule has 3 atom stereocenters. The lowest BCUT2D eigenvalue weighted by Gasteiger charge is -2.32.